The number of carbonyl (C=O) groups is 3. The lowest BCUT2D eigenvalue weighted by atomic mass is 9.76. The zero-order valence-corrected chi connectivity index (χ0v) is 11.3. The summed E-state index contributed by atoms with van der Waals surface area (Å²) in [4.78, 5) is 33.4. The molecule has 0 aromatic carbocycles. The standard InChI is InChI=1S/C14H18O6/c1-2-20-11(15)4-3-7-14(13(18)19)8-5-10(6-9-14)12(16)17/h5-6,8H,2-4,7,9H2,1H3,(H,16,17)(H,18,19). The van der Waals surface area contributed by atoms with Crippen molar-refractivity contribution in [3.63, 3.8) is 0 Å². The van der Waals surface area contributed by atoms with Crippen LogP contribution in [-0.2, 0) is 19.1 Å². The zero-order chi connectivity index (χ0) is 15.2. The van der Waals surface area contributed by atoms with Gasteiger partial charge < -0.3 is 14.9 Å². The second-order valence-corrected chi connectivity index (χ2v) is 4.62. The lowest BCUT2D eigenvalue weighted by molar-refractivity contribution is -0.148. The van der Waals surface area contributed by atoms with E-state index in [-0.39, 0.29) is 30.8 Å². The van der Waals surface area contributed by atoms with Crippen LogP contribution in [0.3, 0.4) is 0 Å². The van der Waals surface area contributed by atoms with Gasteiger partial charge in [0.1, 0.15) is 0 Å². The number of hydrogen-bond donors (Lipinski definition) is 2. The minimum Gasteiger partial charge on any atom is -0.481 e. The molecule has 1 atom stereocenters. The molecule has 2 N–H and O–H groups in total. The molecule has 0 saturated carbocycles. The van der Waals surface area contributed by atoms with Crippen molar-refractivity contribution in [3.05, 3.63) is 23.8 Å². The van der Waals surface area contributed by atoms with E-state index in [0.29, 0.717) is 13.0 Å². The molecule has 0 aromatic rings. The van der Waals surface area contributed by atoms with E-state index in [1.54, 1.807) is 6.92 Å². The topological polar surface area (TPSA) is 101 Å². The number of esters is 1. The molecule has 1 aliphatic rings. The van der Waals surface area contributed by atoms with E-state index < -0.39 is 17.4 Å². The summed E-state index contributed by atoms with van der Waals surface area (Å²) in [5, 5.41) is 18.2. The average Bonchev–Trinajstić information content (AvgIpc) is 2.39. The molecular weight excluding hydrogens is 264 g/mol. The Kier molecular flexibility index (Phi) is 5.49. The Morgan fingerprint density at radius 2 is 2.05 bits per heavy atom. The Labute approximate surface area is 116 Å². The lowest BCUT2D eigenvalue weighted by Crippen LogP contribution is -2.30. The molecule has 0 bridgehead atoms. The maximum absolute atomic E-state index is 11.4. The van der Waals surface area contributed by atoms with Crippen LogP contribution in [0.25, 0.3) is 0 Å². The number of hydrogen-bond acceptors (Lipinski definition) is 4. The van der Waals surface area contributed by atoms with Crippen molar-refractivity contribution in [2.24, 2.45) is 5.41 Å². The van der Waals surface area contributed by atoms with E-state index in [1.165, 1.54) is 18.2 Å². The fourth-order valence-corrected chi connectivity index (χ4v) is 2.07. The average molecular weight is 282 g/mol. The first-order valence-electron chi connectivity index (χ1n) is 6.43. The van der Waals surface area contributed by atoms with Gasteiger partial charge in [-0.15, -0.1) is 0 Å². The maximum Gasteiger partial charge on any atom is 0.335 e. The predicted octanol–water partition coefficient (Wildman–Crippen LogP) is 1.76. The molecule has 0 aliphatic heterocycles. The molecule has 0 spiro atoms. The molecule has 6 nitrogen and oxygen atoms in total. The Hall–Kier alpha value is -2.11. The quantitative estimate of drug-likeness (QED) is 0.690. The summed E-state index contributed by atoms with van der Waals surface area (Å²) >= 11 is 0. The Morgan fingerprint density at radius 3 is 2.50 bits per heavy atom. The highest BCUT2D eigenvalue weighted by atomic mass is 16.5. The second kappa shape index (κ2) is 6.88. The predicted molar refractivity (Wildman–Crippen MR) is 70.0 cm³/mol. The molecule has 1 rings (SSSR count). The van der Waals surface area contributed by atoms with E-state index in [1.807, 2.05) is 0 Å². The van der Waals surface area contributed by atoms with Crippen molar-refractivity contribution in [1.82, 2.24) is 0 Å². The summed E-state index contributed by atoms with van der Waals surface area (Å²) < 4.78 is 4.78. The largest absolute Gasteiger partial charge is 0.481 e. The van der Waals surface area contributed by atoms with Crippen LogP contribution in [0.1, 0.15) is 32.6 Å². The Balaban J connectivity index is 2.63. The van der Waals surface area contributed by atoms with Gasteiger partial charge in [0, 0.05) is 6.42 Å². The van der Waals surface area contributed by atoms with Gasteiger partial charge >= 0.3 is 17.9 Å². The van der Waals surface area contributed by atoms with Crippen LogP contribution in [0.2, 0.25) is 0 Å². The molecule has 0 fully saturated rings. The number of carboxylic acid groups (broad SMARTS) is 2. The fourth-order valence-electron chi connectivity index (χ4n) is 2.07. The number of carboxylic acids is 2. The summed E-state index contributed by atoms with van der Waals surface area (Å²) in [6.07, 6.45) is 5.04. The highest BCUT2D eigenvalue weighted by Gasteiger charge is 2.36. The van der Waals surface area contributed by atoms with Gasteiger partial charge in [-0.25, -0.2) is 4.79 Å². The van der Waals surface area contributed by atoms with E-state index >= 15 is 0 Å². The molecule has 20 heavy (non-hydrogen) atoms. The van der Waals surface area contributed by atoms with Crippen molar-refractivity contribution < 1.29 is 29.3 Å². The van der Waals surface area contributed by atoms with Crippen LogP contribution in [0.15, 0.2) is 23.8 Å². The highest BCUT2D eigenvalue weighted by molar-refractivity contribution is 5.91. The summed E-state index contributed by atoms with van der Waals surface area (Å²) in [5.74, 6) is -2.44. The third-order valence-corrected chi connectivity index (χ3v) is 3.25. The fraction of sp³-hybridized carbons (Fsp3) is 0.500. The molecule has 0 aromatic heterocycles. The number of ether oxygens (including phenoxy) is 1. The van der Waals surface area contributed by atoms with Crippen molar-refractivity contribution in [2.75, 3.05) is 6.61 Å². The molecular formula is C14H18O6. The molecule has 0 radical (unpaired) electrons. The summed E-state index contributed by atoms with van der Waals surface area (Å²) in [5.41, 5.74) is -1.04. The van der Waals surface area contributed by atoms with Crippen LogP contribution in [0.5, 0.6) is 0 Å². The number of carbonyl (C=O) groups excluding carboxylic acids is 1. The molecule has 1 unspecified atom stereocenters. The molecule has 1 aliphatic carbocycles. The number of rotatable bonds is 7. The van der Waals surface area contributed by atoms with Gasteiger partial charge in [-0.1, -0.05) is 18.2 Å². The monoisotopic (exact) mass is 282 g/mol. The van der Waals surface area contributed by atoms with Crippen molar-refractivity contribution in [1.29, 1.82) is 0 Å². The third-order valence-electron chi connectivity index (χ3n) is 3.25. The number of aliphatic carboxylic acids is 2. The van der Waals surface area contributed by atoms with Crippen LogP contribution in [0.4, 0.5) is 0 Å². The first kappa shape index (κ1) is 15.9. The molecule has 0 heterocycles. The number of allylic oxidation sites excluding steroid dienone is 1. The Morgan fingerprint density at radius 1 is 1.35 bits per heavy atom. The Bertz CT molecular complexity index is 462. The van der Waals surface area contributed by atoms with Crippen molar-refractivity contribution >= 4 is 17.9 Å². The van der Waals surface area contributed by atoms with Gasteiger partial charge in [-0.05, 0) is 26.2 Å². The van der Waals surface area contributed by atoms with Gasteiger partial charge in [0.2, 0.25) is 0 Å². The van der Waals surface area contributed by atoms with Crippen molar-refractivity contribution in [3.8, 4) is 0 Å². The summed E-state index contributed by atoms with van der Waals surface area (Å²) in [7, 11) is 0. The van der Waals surface area contributed by atoms with Gasteiger partial charge in [-0.2, -0.15) is 0 Å². The third kappa shape index (κ3) is 3.94. The molecule has 6 heteroatoms. The van der Waals surface area contributed by atoms with E-state index in [2.05, 4.69) is 0 Å². The zero-order valence-electron chi connectivity index (χ0n) is 11.3. The summed E-state index contributed by atoms with van der Waals surface area (Å²) in [6, 6.07) is 0. The van der Waals surface area contributed by atoms with Gasteiger partial charge in [-0.3, -0.25) is 9.59 Å². The van der Waals surface area contributed by atoms with E-state index in [0.717, 1.165) is 0 Å². The summed E-state index contributed by atoms with van der Waals surface area (Å²) in [6.45, 7) is 2.01. The van der Waals surface area contributed by atoms with Crippen LogP contribution >= 0.6 is 0 Å². The van der Waals surface area contributed by atoms with E-state index in [4.69, 9.17) is 9.84 Å². The van der Waals surface area contributed by atoms with Crippen LogP contribution in [0, 0.1) is 5.41 Å². The molecule has 0 saturated heterocycles. The lowest BCUT2D eigenvalue weighted by Gasteiger charge is -2.27. The first-order chi connectivity index (χ1) is 9.41. The minimum absolute atomic E-state index is 0.0901. The second-order valence-electron chi connectivity index (χ2n) is 4.62. The first-order valence-corrected chi connectivity index (χ1v) is 6.43. The van der Waals surface area contributed by atoms with Crippen molar-refractivity contribution in [2.45, 2.75) is 32.6 Å². The minimum atomic E-state index is -1.13. The smallest absolute Gasteiger partial charge is 0.335 e. The van der Waals surface area contributed by atoms with E-state index in [9.17, 15) is 19.5 Å². The highest BCUT2D eigenvalue weighted by Crippen LogP contribution is 2.35. The SMILES string of the molecule is CCOC(=O)CCCC1(C(=O)O)C=CC(C(=O)O)=CC1. The normalized spacial score (nSPS) is 21.1. The molecule has 0 amide bonds. The van der Waals surface area contributed by atoms with Crippen LogP contribution in [-0.4, -0.2) is 34.7 Å². The molecule has 110 valence electrons. The van der Waals surface area contributed by atoms with Crippen LogP contribution < -0.4 is 0 Å². The maximum atomic E-state index is 11.4. The van der Waals surface area contributed by atoms with Gasteiger partial charge in [0.15, 0.2) is 0 Å². The van der Waals surface area contributed by atoms with Gasteiger partial charge in [0.25, 0.3) is 0 Å². The van der Waals surface area contributed by atoms with Gasteiger partial charge in [0.05, 0.1) is 17.6 Å².